The summed E-state index contributed by atoms with van der Waals surface area (Å²) >= 11 is 0. The second-order valence-corrected chi connectivity index (χ2v) is 0.624. The summed E-state index contributed by atoms with van der Waals surface area (Å²) in [6.45, 7) is 0.833. The molecule has 0 atom stereocenters. The van der Waals surface area contributed by atoms with Gasteiger partial charge in [-0.1, -0.05) is 0 Å². The Labute approximate surface area is 105 Å². The van der Waals surface area contributed by atoms with Crippen molar-refractivity contribution in [3.8, 4) is 0 Å². The zero-order chi connectivity index (χ0) is 6.28. The molecule has 0 fully saturated rings. The predicted molar refractivity (Wildman–Crippen MR) is 37.7 cm³/mol. The van der Waals surface area contributed by atoms with Crippen LogP contribution >= 0.6 is 0 Å². The van der Waals surface area contributed by atoms with Crippen LogP contribution in [0.3, 0.4) is 0 Å². The van der Waals surface area contributed by atoms with Gasteiger partial charge < -0.3 is 10.2 Å². The van der Waals surface area contributed by atoms with Crippen LogP contribution in [0.15, 0.2) is 0 Å². The number of carboxylic acid groups (broad SMARTS) is 2. The number of hydrogen-bond donors (Lipinski definition) is 2. The summed E-state index contributed by atoms with van der Waals surface area (Å²) in [5.74, 6) is -0.833. The van der Waals surface area contributed by atoms with Gasteiger partial charge in [0.05, 0.1) is 0 Å². The minimum atomic E-state index is -0.833. The Bertz CT molecular complexity index is 62.8. The Hall–Kier alpha value is 1.20. The maximum absolute atomic E-state index is 9.00. The Kier molecular flexibility index (Phi) is 57.1. The summed E-state index contributed by atoms with van der Waals surface area (Å²) in [6.07, 6.45) is 0. The van der Waals surface area contributed by atoms with Crippen molar-refractivity contribution in [2.75, 3.05) is 0 Å². The number of aliphatic carboxylic acids is 1. The van der Waals surface area contributed by atoms with Gasteiger partial charge in [0.1, 0.15) is 0 Å². The van der Waals surface area contributed by atoms with E-state index in [1.54, 1.807) is 0 Å². The predicted octanol–water partition coefficient (Wildman–Crippen LogP) is -1.77. The topological polar surface area (TPSA) is 74.6 Å². The maximum atomic E-state index is 9.00. The number of hydrogen-bond acceptors (Lipinski definition) is 2. The minimum absolute atomic E-state index is 0. The van der Waals surface area contributed by atoms with Gasteiger partial charge in [0.25, 0.3) is 12.4 Å². The van der Waals surface area contributed by atoms with Crippen molar-refractivity contribution in [2.24, 2.45) is 0 Å². The Morgan fingerprint density at radius 3 is 1.56 bits per heavy atom. The van der Waals surface area contributed by atoms with Crippen LogP contribution in [0.25, 0.3) is 0 Å². The third-order valence-corrected chi connectivity index (χ3v) is 0. The molecular weight excluding hydrogens is 163 g/mol. The van der Waals surface area contributed by atoms with Crippen molar-refractivity contribution in [1.82, 2.24) is 0 Å². The first-order valence-corrected chi connectivity index (χ1v) is 1.42. The van der Waals surface area contributed by atoms with Crippen molar-refractivity contribution in [2.45, 2.75) is 6.92 Å². The molecule has 0 rings (SSSR count). The molecule has 0 amide bonds. The van der Waals surface area contributed by atoms with Crippen molar-refractivity contribution < 1.29 is 19.8 Å². The number of carbonyl (C=O) groups is 2. The number of rotatable bonds is 0. The van der Waals surface area contributed by atoms with E-state index in [9.17, 15) is 0 Å². The summed E-state index contributed by atoms with van der Waals surface area (Å²) in [5.41, 5.74) is 0. The Morgan fingerprint density at radius 1 is 1.56 bits per heavy atom. The van der Waals surface area contributed by atoms with Gasteiger partial charge in [-0.15, -0.1) is 0 Å². The third-order valence-electron chi connectivity index (χ3n) is 0. The van der Waals surface area contributed by atoms with Crippen molar-refractivity contribution in [3.05, 3.63) is 0 Å². The van der Waals surface area contributed by atoms with Gasteiger partial charge in [-0.2, -0.15) is 0 Å². The molecule has 0 saturated heterocycles. The van der Waals surface area contributed by atoms with Crippen LogP contribution in [0.5, 0.6) is 0 Å². The van der Waals surface area contributed by atoms with Crippen molar-refractivity contribution in [1.29, 1.82) is 0 Å². The van der Waals surface area contributed by atoms with Crippen LogP contribution in [-0.2, 0) is 9.59 Å². The molecule has 48 valence electrons. The van der Waals surface area contributed by atoms with E-state index in [2.05, 4.69) is 0 Å². The second kappa shape index (κ2) is 22.9. The monoisotopic (exact) mass is 172 g/mol. The van der Waals surface area contributed by atoms with E-state index in [1.807, 2.05) is 0 Å². The van der Waals surface area contributed by atoms with Crippen LogP contribution in [0.4, 0.5) is 0 Å². The summed E-state index contributed by atoms with van der Waals surface area (Å²) < 4.78 is 0. The Balaban J connectivity index is -0.0000000233. The molecule has 0 spiro atoms. The first-order valence-electron chi connectivity index (χ1n) is 1.42. The molecule has 0 aromatic rings. The van der Waals surface area contributed by atoms with Gasteiger partial charge >= 0.3 is 67.3 Å². The zero-order valence-electron chi connectivity index (χ0n) is 3.79. The van der Waals surface area contributed by atoms with Gasteiger partial charge in [-0.25, -0.2) is 0 Å². The molecule has 0 heterocycles. The molecule has 0 unspecified atom stereocenters. The second-order valence-electron chi connectivity index (χ2n) is 0.624. The van der Waals surface area contributed by atoms with Crippen LogP contribution in [0.2, 0.25) is 0 Å². The van der Waals surface area contributed by atoms with E-state index in [0.717, 1.165) is 6.92 Å². The molecule has 0 aromatic carbocycles. The van der Waals surface area contributed by atoms with E-state index in [-0.39, 0.29) is 73.8 Å². The van der Waals surface area contributed by atoms with Crippen LogP contribution in [0, 0.1) is 0 Å². The van der Waals surface area contributed by atoms with E-state index in [4.69, 9.17) is 19.8 Å². The average Bonchev–Trinajstić information content (AvgIpc) is 1.33. The van der Waals surface area contributed by atoms with Crippen LogP contribution < -0.4 is 0 Å². The van der Waals surface area contributed by atoms with E-state index < -0.39 is 5.97 Å². The fourth-order valence-electron chi connectivity index (χ4n) is 0. The summed E-state index contributed by atoms with van der Waals surface area (Å²) in [6, 6.07) is 0. The molecular formula is C3H9CaNaO4. The molecule has 0 saturated carbocycles. The molecule has 6 heteroatoms. The van der Waals surface area contributed by atoms with E-state index in [1.165, 1.54) is 0 Å². The van der Waals surface area contributed by atoms with Gasteiger partial charge in [-0.05, 0) is 0 Å². The third kappa shape index (κ3) is 331. The van der Waals surface area contributed by atoms with Crippen molar-refractivity contribution >= 4 is 79.7 Å². The van der Waals surface area contributed by atoms with E-state index >= 15 is 0 Å². The summed E-state index contributed by atoms with van der Waals surface area (Å²) in [5, 5.41) is 14.3. The van der Waals surface area contributed by atoms with Crippen molar-refractivity contribution in [3.63, 3.8) is 0 Å². The standard InChI is InChI=1S/C2H4O2.CH2O2.Ca.Na.3H/c1-2(3)4;2-1-3;;;;;/h1H3,(H,3,4);1H,(H,2,3);;;;;. The van der Waals surface area contributed by atoms with E-state index in [0.29, 0.717) is 0 Å². The molecule has 4 nitrogen and oxygen atoms in total. The molecule has 0 aliphatic rings. The molecule has 0 aromatic heterocycles. The molecule has 9 heavy (non-hydrogen) atoms. The zero-order valence-corrected chi connectivity index (χ0v) is 3.79. The molecule has 0 aliphatic heterocycles. The Morgan fingerprint density at radius 2 is 1.56 bits per heavy atom. The molecule has 0 radical (unpaired) electrons. The van der Waals surface area contributed by atoms with Gasteiger partial charge in [0.2, 0.25) is 0 Å². The fourth-order valence-corrected chi connectivity index (χ4v) is 0. The molecule has 0 bridgehead atoms. The van der Waals surface area contributed by atoms with Crippen LogP contribution in [0.1, 0.15) is 6.92 Å². The van der Waals surface area contributed by atoms with Crippen LogP contribution in [-0.4, -0.2) is 90.0 Å². The normalized spacial score (nSPS) is 4.11. The van der Waals surface area contributed by atoms with Gasteiger partial charge in [-0.3, -0.25) is 9.59 Å². The fraction of sp³-hybridized carbons (Fsp3) is 0.333. The first-order chi connectivity index (χ1) is 3.15. The SMILES string of the molecule is CC(=O)O.O=CO.[CaH2].[NaH]. The van der Waals surface area contributed by atoms with Gasteiger partial charge in [0, 0.05) is 6.92 Å². The quantitative estimate of drug-likeness (QED) is 0.335. The number of carboxylic acids is 1. The molecule has 0 aliphatic carbocycles. The first kappa shape index (κ1) is 22.5. The molecule has 2 N–H and O–H groups in total. The van der Waals surface area contributed by atoms with Gasteiger partial charge in [0.15, 0.2) is 0 Å². The summed E-state index contributed by atoms with van der Waals surface area (Å²) in [4.78, 5) is 17.4. The summed E-state index contributed by atoms with van der Waals surface area (Å²) in [7, 11) is 0. The average molecular weight is 172 g/mol.